The van der Waals surface area contributed by atoms with Crippen molar-refractivity contribution in [2.24, 2.45) is 5.92 Å². The standard InChI is InChI=1S/C17H27BrN2/c1-12(2)11-20(15-7-8-15)16-6-5-14(17(18)9-16)10-19-13(3)4/h5-6,9,12-13,15,19H,7-8,10-11H2,1-4H3. The van der Waals surface area contributed by atoms with E-state index in [0.717, 1.165) is 19.1 Å². The Morgan fingerprint density at radius 2 is 1.95 bits per heavy atom. The van der Waals surface area contributed by atoms with Crippen molar-refractivity contribution in [3.05, 3.63) is 28.2 Å². The third-order valence-corrected chi connectivity index (χ3v) is 4.36. The monoisotopic (exact) mass is 338 g/mol. The molecule has 1 aromatic rings. The smallest absolute Gasteiger partial charge is 0.0380 e. The fourth-order valence-corrected chi connectivity index (χ4v) is 2.92. The molecule has 1 aliphatic carbocycles. The molecule has 1 fully saturated rings. The first kappa shape index (κ1) is 15.8. The number of benzene rings is 1. The number of halogens is 1. The van der Waals surface area contributed by atoms with Crippen LogP contribution < -0.4 is 10.2 Å². The van der Waals surface area contributed by atoms with Crippen molar-refractivity contribution in [1.82, 2.24) is 5.32 Å². The molecule has 0 heterocycles. The molecule has 3 heteroatoms. The highest BCUT2D eigenvalue weighted by Gasteiger charge is 2.29. The molecule has 1 aromatic carbocycles. The van der Waals surface area contributed by atoms with Gasteiger partial charge in [-0.1, -0.05) is 49.7 Å². The van der Waals surface area contributed by atoms with E-state index in [1.807, 2.05) is 0 Å². The third kappa shape index (κ3) is 4.49. The lowest BCUT2D eigenvalue weighted by atomic mass is 10.1. The Bertz CT molecular complexity index is 439. The summed E-state index contributed by atoms with van der Waals surface area (Å²) in [5, 5.41) is 3.48. The van der Waals surface area contributed by atoms with Gasteiger partial charge in [-0.25, -0.2) is 0 Å². The van der Waals surface area contributed by atoms with Crippen molar-refractivity contribution in [2.75, 3.05) is 11.4 Å². The minimum absolute atomic E-state index is 0.519. The Morgan fingerprint density at radius 3 is 2.45 bits per heavy atom. The second-order valence-electron chi connectivity index (χ2n) is 6.59. The predicted octanol–water partition coefficient (Wildman–Crippen LogP) is 4.57. The van der Waals surface area contributed by atoms with E-state index in [0.29, 0.717) is 12.0 Å². The molecule has 0 unspecified atom stereocenters. The van der Waals surface area contributed by atoms with Crippen LogP contribution in [0.25, 0.3) is 0 Å². The summed E-state index contributed by atoms with van der Waals surface area (Å²) in [4.78, 5) is 2.58. The van der Waals surface area contributed by atoms with Gasteiger partial charge in [-0.15, -0.1) is 0 Å². The van der Waals surface area contributed by atoms with Crippen LogP contribution in [0.3, 0.4) is 0 Å². The molecule has 0 bridgehead atoms. The Hall–Kier alpha value is -0.540. The molecular weight excluding hydrogens is 312 g/mol. The predicted molar refractivity (Wildman–Crippen MR) is 91.3 cm³/mol. The molecule has 1 saturated carbocycles. The zero-order valence-corrected chi connectivity index (χ0v) is 14.7. The van der Waals surface area contributed by atoms with Crippen molar-refractivity contribution in [3.8, 4) is 0 Å². The summed E-state index contributed by atoms with van der Waals surface area (Å²) in [7, 11) is 0. The van der Waals surface area contributed by atoms with Gasteiger partial charge in [-0.2, -0.15) is 0 Å². The van der Waals surface area contributed by atoms with E-state index in [1.54, 1.807) is 0 Å². The van der Waals surface area contributed by atoms with Crippen molar-refractivity contribution < 1.29 is 0 Å². The number of hydrogen-bond acceptors (Lipinski definition) is 2. The van der Waals surface area contributed by atoms with Crippen LogP contribution in [0.1, 0.15) is 46.1 Å². The summed E-state index contributed by atoms with van der Waals surface area (Å²) >= 11 is 3.73. The van der Waals surface area contributed by atoms with Gasteiger partial charge in [0, 0.05) is 35.3 Å². The molecule has 2 nitrogen and oxygen atoms in total. The minimum Gasteiger partial charge on any atom is -0.368 e. The van der Waals surface area contributed by atoms with Crippen LogP contribution >= 0.6 is 15.9 Å². The van der Waals surface area contributed by atoms with E-state index in [2.05, 4.69) is 72.0 Å². The van der Waals surface area contributed by atoms with Crippen molar-refractivity contribution in [2.45, 2.75) is 59.2 Å². The number of anilines is 1. The molecule has 0 radical (unpaired) electrons. The van der Waals surface area contributed by atoms with Gasteiger partial charge in [-0.05, 0) is 36.5 Å². The molecule has 0 aromatic heterocycles. The average molecular weight is 339 g/mol. The first-order valence-corrected chi connectivity index (χ1v) is 8.55. The van der Waals surface area contributed by atoms with Crippen LogP contribution in [-0.4, -0.2) is 18.6 Å². The molecule has 20 heavy (non-hydrogen) atoms. The van der Waals surface area contributed by atoms with Gasteiger partial charge in [0.05, 0.1) is 0 Å². The van der Waals surface area contributed by atoms with Gasteiger partial charge >= 0.3 is 0 Å². The lowest BCUT2D eigenvalue weighted by Crippen LogP contribution is -2.29. The molecule has 1 aliphatic rings. The van der Waals surface area contributed by atoms with Gasteiger partial charge in [0.2, 0.25) is 0 Å². The molecule has 0 atom stereocenters. The van der Waals surface area contributed by atoms with Crippen LogP contribution in [0.5, 0.6) is 0 Å². The molecule has 0 saturated heterocycles. The average Bonchev–Trinajstić information content (AvgIpc) is 3.18. The number of rotatable bonds is 7. The van der Waals surface area contributed by atoms with E-state index in [9.17, 15) is 0 Å². The van der Waals surface area contributed by atoms with Crippen LogP contribution in [0, 0.1) is 5.92 Å². The minimum atomic E-state index is 0.519. The Kier molecular flexibility index (Phi) is 5.50. The van der Waals surface area contributed by atoms with Crippen molar-refractivity contribution in [3.63, 3.8) is 0 Å². The van der Waals surface area contributed by atoms with E-state index in [4.69, 9.17) is 0 Å². The maximum Gasteiger partial charge on any atom is 0.0380 e. The maximum atomic E-state index is 3.73. The van der Waals surface area contributed by atoms with Crippen LogP contribution in [0.15, 0.2) is 22.7 Å². The first-order chi connectivity index (χ1) is 9.47. The molecule has 2 rings (SSSR count). The second-order valence-corrected chi connectivity index (χ2v) is 7.44. The number of hydrogen-bond donors (Lipinski definition) is 1. The molecular formula is C17H27BrN2. The lowest BCUT2D eigenvalue weighted by molar-refractivity contribution is 0.587. The fraction of sp³-hybridized carbons (Fsp3) is 0.647. The number of nitrogens with zero attached hydrogens (tertiary/aromatic N) is 1. The van der Waals surface area contributed by atoms with Crippen LogP contribution in [0.2, 0.25) is 0 Å². The number of nitrogens with one attached hydrogen (secondary N) is 1. The summed E-state index contributed by atoms with van der Waals surface area (Å²) in [6.45, 7) is 11.0. The summed E-state index contributed by atoms with van der Waals surface area (Å²) in [5.74, 6) is 0.705. The van der Waals surface area contributed by atoms with E-state index in [1.165, 1.54) is 28.6 Å². The fourth-order valence-electron chi connectivity index (χ4n) is 2.42. The van der Waals surface area contributed by atoms with E-state index in [-0.39, 0.29) is 0 Å². The van der Waals surface area contributed by atoms with Crippen LogP contribution in [-0.2, 0) is 6.54 Å². The van der Waals surface area contributed by atoms with Gasteiger partial charge < -0.3 is 10.2 Å². The third-order valence-electron chi connectivity index (χ3n) is 3.62. The van der Waals surface area contributed by atoms with Gasteiger partial charge in [0.25, 0.3) is 0 Å². The highest BCUT2D eigenvalue weighted by molar-refractivity contribution is 9.10. The summed E-state index contributed by atoms with van der Waals surface area (Å²) in [6.07, 6.45) is 2.70. The Morgan fingerprint density at radius 1 is 1.25 bits per heavy atom. The van der Waals surface area contributed by atoms with Crippen LogP contribution in [0.4, 0.5) is 5.69 Å². The normalized spacial score (nSPS) is 15.2. The quantitative estimate of drug-likeness (QED) is 0.783. The van der Waals surface area contributed by atoms with Gasteiger partial charge in [-0.3, -0.25) is 0 Å². The Labute approximate surface area is 132 Å². The molecule has 0 aliphatic heterocycles. The lowest BCUT2D eigenvalue weighted by Gasteiger charge is -2.27. The maximum absolute atomic E-state index is 3.73. The summed E-state index contributed by atoms with van der Waals surface area (Å²) in [6, 6.07) is 8.11. The molecule has 0 amide bonds. The van der Waals surface area contributed by atoms with E-state index < -0.39 is 0 Å². The molecule has 0 spiro atoms. The highest BCUT2D eigenvalue weighted by Crippen LogP contribution is 2.34. The molecule has 1 N–H and O–H groups in total. The zero-order chi connectivity index (χ0) is 14.7. The highest BCUT2D eigenvalue weighted by atomic mass is 79.9. The first-order valence-electron chi connectivity index (χ1n) is 7.75. The topological polar surface area (TPSA) is 15.3 Å². The summed E-state index contributed by atoms with van der Waals surface area (Å²) < 4.78 is 1.22. The van der Waals surface area contributed by atoms with Gasteiger partial charge in [0.1, 0.15) is 0 Å². The SMILES string of the molecule is CC(C)CN(c1ccc(CNC(C)C)c(Br)c1)C1CC1. The summed E-state index contributed by atoms with van der Waals surface area (Å²) in [5.41, 5.74) is 2.70. The van der Waals surface area contributed by atoms with Gasteiger partial charge in [0.15, 0.2) is 0 Å². The van der Waals surface area contributed by atoms with E-state index >= 15 is 0 Å². The zero-order valence-electron chi connectivity index (χ0n) is 13.1. The largest absolute Gasteiger partial charge is 0.368 e. The molecule has 112 valence electrons. The van der Waals surface area contributed by atoms with Crippen molar-refractivity contribution >= 4 is 21.6 Å². The second kappa shape index (κ2) is 6.95. The van der Waals surface area contributed by atoms with Crippen molar-refractivity contribution in [1.29, 1.82) is 0 Å². The Balaban J connectivity index is 2.09.